The zero-order valence-electron chi connectivity index (χ0n) is 14.1. The lowest BCUT2D eigenvalue weighted by Crippen LogP contribution is -2.40. The molecule has 0 aliphatic heterocycles. The average Bonchev–Trinajstić information content (AvgIpc) is 2.45. The number of hydrogen-bond donors (Lipinski definition) is 0. The van der Waals surface area contributed by atoms with Gasteiger partial charge < -0.3 is 0 Å². The fraction of sp³-hybridized carbons (Fsp3) is 0.500. The molecule has 0 bridgehead atoms. The van der Waals surface area contributed by atoms with Gasteiger partial charge >= 0.3 is 0 Å². The lowest BCUT2D eigenvalue weighted by molar-refractivity contribution is 0.195. The summed E-state index contributed by atoms with van der Waals surface area (Å²) in [5.74, 6) is 8.00. The molecule has 0 amide bonds. The lowest BCUT2D eigenvalue weighted by atomic mass is 10.0. The number of hydrogen-bond acceptors (Lipinski definition) is 1. The first kappa shape index (κ1) is 17.5. The number of rotatable bonds is 6. The monoisotopic (exact) mass is 283 g/mol. The van der Waals surface area contributed by atoms with Gasteiger partial charge in [0.2, 0.25) is 0 Å². The molecule has 0 heterocycles. The molecule has 0 aromatic heterocycles. The third-order valence-corrected chi connectivity index (χ3v) is 3.34. The van der Waals surface area contributed by atoms with Gasteiger partial charge in [-0.05, 0) is 30.9 Å². The molecule has 21 heavy (non-hydrogen) atoms. The van der Waals surface area contributed by atoms with Crippen LogP contribution in [-0.4, -0.2) is 24.0 Å². The highest BCUT2D eigenvalue weighted by Gasteiger charge is 2.19. The van der Waals surface area contributed by atoms with Crippen molar-refractivity contribution in [1.82, 2.24) is 4.90 Å². The van der Waals surface area contributed by atoms with Crippen molar-refractivity contribution in [3.63, 3.8) is 0 Å². The second-order valence-corrected chi connectivity index (χ2v) is 6.24. The van der Waals surface area contributed by atoms with Crippen LogP contribution < -0.4 is 0 Å². The molecule has 0 spiro atoms. The van der Waals surface area contributed by atoms with E-state index in [4.69, 9.17) is 0 Å². The van der Waals surface area contributed by atoms with Crippen LogP contribution in [0.25, 0.3) is 0 Å². The van der Waals surface area contributed by atoms with Crippen LogP contribution >= 0.6 is 0 Å². The third kappa shape index (κ3) is 6.65. The average molecular weight is 283 g/mol. The van der Waals surface area contributed by atoms with E-state index in [2.05, 4.69) is 75.6 Å². The van der Waals surface area contributed by atoms with Crippen molar-refractivity contribution in [2.24, 2.45) is 11.8 Å². The van der Waals surface area contributed by atoms with Crippen molar-refractivity contribution >= 4 is 0 Å². The third-order valence-electron chi connectivity index (χ3n) is 3.34. The van der Waals surface area contributed by atoms with Crippen molar-refractivity contribution in [2.75, 3.05) is 13.1 Å². The van der Waals surface area contributed by atoms with E-state index in [-0.39, 0.29) is 0 Å². The zero-order valence-corrected chi connectivity index (χ0v) is 14.1. The largest absolute Gasteiger partial charge is 0.286 e. The van der Waals surface area contributed by atoms with Crippen molar-refractivity contribution in [3.05, 3.63) is 48.0 Å². The fourth-order valence-corrected chi connectivity index (χ4v) is 2.37. The Morgan fingerprint density at radius 1 is 1.10 bits per heavy atom. The maximum Gasteiger partial charge on any atom is 0.0744 e. The van der Waals surface area contributed by atoms with E-state index < -0.39 is 0 Å². The summed E-state index contributed by atoms with van der Waals surface area (Å²) in [6, 6.07) is 10.6. The Morgan fingerprint density at radius 3 is 2.29 bits per heavy atom. The van der Waals surface area contributed by atoms with E-state index in [1.807, 2.05) is 18.2 Å². The molecule has 1 aromatic carbocycles. The van der Waals surface area contributed by atoms with Gasteiger partial charge in [0.25, 0.3) is 0 Å². The molecular weight excluding hydrogens is 254 g/mol. The first-order valence-electron chi connectivity index (χ1n) is 7.96. The summed E-state index contributed by atoms with van der Waals surface area (Å²) in [7, 11) is 0. The molecule has 1 aromatic rings. The highest BCUT2D eigenvalue weighted by atomic mass is 15.1. The Kier molecular flexibility index (Phi) is 7.87. The SMILES string of the molecule is CC=CCN(CC(C)C)C(C#Cc1ccccc1)C(C)C. The van der Waals surface area contributed by atoms with E-state index >= 15 is 0 Å². The quantitative estimate of drug-likeness (QED) is 0.545. The molecule has 1 nitrogen and oxygen atoms in total. The van der Waals surface area contributed by atoms with E-state index in [0.29, 0.717) is 17.9 Å². The van der Waals surface area contributed by atoms with E-state index in [1.165, 1.54) is 0 Å². The molecule has 0 saturated heterocycles. The molecule has 0 fully saturated rings. The van der Waals surface area contributed by atoms with Gasteiger partial charge in [0.05, 0.1) is 6.04 Å². The minimum atomic E-state index is 0.295. The van der Waals surface area contributed by atoms with Gasteiger partial charge in [-0.25, -0.2) is 0 Å². The van der Waals surface area contributed by atoms with Gasteiger partial charge in [0, 0.05) is 18.7 Å². The Hall–Kier alpha value is -1.52. The maximum atomic E-state index is 3.49. The first-order valence-corrected chi connectivity index (χ1v) is 7.96. The van der Waals surface area contributed by atoms with Crippen molar-refractivity contribution in [3.8, 4) is 11.8 Å². The topological polar surface area (TPSA) is 3.24 Å². The Balaban J connectivity index is 2.93. The van der Waals surface area contributed by atoms with Gasteiger partial charge in [-0.3, -0.25) is 4.90 Å². The van der Waals surface area contributed by atoms with Crippen molar-refractivity contribution < 1.29 is 0 Å². The smallest absolute Gasteiger partial charge is 0.0744 e. The number of benzene rings is 1. The summed E-state index contributed by atoms with van der Waals surface area (Å²) in [6.45, 7) is 13.2. The molecule has 0 N–H and O–H groups in total. The van der Waals surface area contributed by atoms with E-state index in [0.717, 1.165) is 18.7 Å². The predicted octanol–water partition coefficient (Wildman–Crippen LogP) is 4.60. The van der Waals surface area contributed by atoms with Gasteiger partial charge in [-0.2, -0.15) is 0 Å². The summed E-state index contributed by atoms with van der Waals surface area (Å²) in [6.07, 6.45) is 4.34. The summed E-state index contributed by atoms with van der Waals surface area (Å²) in [4.78, 5) is 2.49. The Labute approximate surface area is 131 Å². The molecule has 0 aliphatic rings. The molecule has 1 atom stereocenters. The van der Waals surface area contributed by atoms with Gasteiger partial charge in [-0.15, -0.1) is 0 Å². The summed E-state index contributed by atoms with van der Waals surface area (Å²) < 4.78 is 0. The fourth-order valence-electron chi connectivity index (χ4n) is 2.37. The number of allylic oxidation sites excluding steroid dienone is 1. The Morgan fingerprint density at radius 2 is 1.76 bits per heavy atom. The van der Waals surface area contributed by atoms with Crippen LogP contribution in [0.4, 0.5) is 0 Å². The minimum absolute atomic E-state index is 0.295. The van der Waals surface area contributed by atoms with Crippen LogP contribution in [0, 0.1) is 23.7 Å². The highest BCUT2D eigenvalue weighted by Crippen LogP contribution is 2.13. The van der Waals surface area contributed by atoms with E-state index in [9.17, 15) is 0 Å². The van der Waals surface area contributed by atoms with Crippen LogP contribution in [0.5, 0.6) is 0 Å². The van der Waals surface area contributed by atoms with Crippen LogP contribution in [-0.2, 0) is 0 Å². The van der Waals surface area contributed by atoms with Crippen molar-refractivity contribution in [1.29, 1.82) is 0 Å². The summed E-state index contributed by atoms with van der Waals surface area (Å²) >= 11 is 0. The van der Waals surface area contributed by atoms with Gasteiger partial charge in [-0.1, -0.05) is 69.9 Å². The van der Waals surface area contributed by atoms with Crippen LogP contribution in [0.1, 0.15) is 40.2 Å². The summed E-state index contributed by atoms with van der Waals surface area (Å²) in [5.41, 5.74) is 1.10. The zero-order chi connectivity index (χ0) is 15.7. The molecule has 1 unspecified atom stereocenters. The normalized spacial score (nSPS) is 13.0. The molecule has 1 heteroatoms. The second kappa shape index (κ2) is 9.42. The molecular formula is C20H29N. The van der Waals surface area contributed by atoms with Crippen LogP contribution in [0.15, 0.2) is 42.5 Å². The van der Waals surface area contributed by atoms with Crippen LogP contribution in [0.2, 0.25) is 0 Å². The second-order valence-electron chi connectivity index (χ2n) is 6.24. The molecule has 0 saturated carbocycles. The number of nitrogens with zero attached hydrogens (tertiary/aromatic N) is 1. The highest BCUT2D eigenvalue weighted by molar-refractivity contribution is 5.35. The van der Waals surface area contributed by atoms with Crippen molar-refractivity contribution in [2.45, 2.75) is 40.7 Å². The molecule has 114 valence electrons. The lowest BCUT2D eigenvalue weighted by Gasteiger charge is -2.31. The Bertz CT molecular complexity index is 474. The minimum Gasteiger partial charge on any atom is -0.286 e. The maximum absolute atomic E-state index is 3.49. The molecule has 0 aliphatic carbocycles. The predicted molar refractivity (Wildman–Crippen MR) is 93.2 cm³/mol. The van der Waals surface area contributed by atoms with Crippen LogP contribution in [0.3, 0.4) is 0 Å². The summed E-state index contributed by atoms with van der Waals surface area (Å²) in [5, 5.41) is 0. The molecule has 1 rings (SSSR count). The molecule has 0 radical (unpaired) electrons. The van der Waals surface area contributed by atoms with Gasteiger partial charge in [0.15, 0.2) is 0 Å². The van der Waals surface area contributed by atoms with E-state index in [1.54, 1.807) is 0 Å². The standard InChI is InChI=1S/C20H29N/c1-6-7-15-21(16-17(2)3)20(18(4)5)14-13-19-11-9-8-10-12-19/h6-12,17-18,20H,15-16H2,1-5H3. The first-order chi connectivity index (χ1) is 10.0. The van der Waals surface area contributed by atoms with Gasteiger partial charge in [0.1, 0.15) is 0 Å².